The Labute approximate surface area is 153 Å². The van der Waals surface area contributed by atoms with Gasteiger partial charge < -0.3 is 14.8 Å². The molecule has 0 aliphatic rings. The molecule has 0 heterocycles. The predicted octanol–water partition coefficient (Wildman–Crippen LogP) is 3.46. The first-order valence-corrected chi connectivity index (χ1v) is 8.26. The summed E-state index contributed by atoms with van der Waals surface area (Å²) in [5.41, 5.74) is 1.00. The molecular formula is C18H17BrFNO4. The summed E-state index contributed by atoms with van der Waals surface area (Å²) in [7, 11) is 1.49. The molecule has 5 nitrogen and oxygen atoms in total. The summed E-state index contributed by atoms with van der Waals surface area (Å²) in [6.07, 6.45) is -0.981. The summed E-state index contributed by atoms with van der Waals surface area (Å²) in [6, 6.07) is 10.6. The van der Waals surface area contributed by atoms with Gasteiger partial charge in [-0.3, -0.25) is 4.79 Å². The molecule has 0 aromatic heterocycles. The van der Waals surface area contributed by atoms with Gasteiger partial charge in [0.1, 0.15) is 11.6 Å². The Morgan fingerprint density at radius 3 is 2.52 bits per heavy atom. The molecule has 0 saturated carbocycles. The van der Waals surface area contributed by atoms with Crippen LogP contribution in [-0.2, 0) is 16.1 Å². The van der Waals surface area contributed by atoms with Gasteiger partial charge in [-0.05, 0) is 58.7 Å². The predicted molar refractivity (Wildman–Crippen MR) is 93.8 cm³/mol. The van der Waals surface area contributed by atoms with Crippen LogP contribution in [0, 0.1) is 5.82 Å². The number of ether oxygens (including phenoxy) is 2. The Bertz CT molecular complexity index is 764. The van der Waals surface area contributed by atoms with E-state index in [1.165, 1.54) is 32.2 Å². The highest BCUT2D eigenvalue weighted by molar-refractivity contribution is 9.10. The molecule has 2 aromatic carbocycles. The third kappa shape index (κ3) is 5.29. The summed E-state index contributed by atoms with van der Waals surface area (Å²) in [5.74, 6) is -0.934. The van der Waals surface area contributed by atoms with Gasteiger partial charge in [0.05, 0.1) is 12.7 Å². The van der Waals surface area contributed by atoms with Gasteiger partial charge in [0.25, 0.3) is 5.91 Å². The topological polar surface area (TPSA) is 64.6 Å². The van der Waals surface area contributed by atoms with Crippen LogP contribution in [0.4, 0.5) is 4.39 Å². The van der Waals surface area contributed by atoms with Crippen molar-refractivity contribution in [1.29, 1.82) is 0 Å². The smallest absolute Gasteiger partial charge is 0.340 e. The van der Waals surface area contributed by atoms with Crippen LogP contribution in [0.5, 0.6) is 5.75 Å². The first-order valence-electron chi connectivity index (χ1n) is 7.47. The second-order valence-electron chi connectivity index (χ2n) is 5.24. The van der Waals surface area contributed by atoms with Gasteiger partial charge >= 0.3 is 5.97 Å². The van der Waals surface area contributed by atoms with Crippen LogP contribution >= 0.6 is 15.9 Å². The van der Waals surface area contributed by atoms with Crippen molar-refractivity contribution >= 4 is 27.8 Å². The van der Waals surface area contributed by atoms with Crippen molar-refractivity contribution in [2.45, 2.75) is 19.6 Å². The lowest BCUT2D eigenvalue weighted by atomic mass is 10.2. The van der Waals surface area contributed by atoms with Gasteiger partial charge in [0, 0.05) is 11.0 Å². The number of hydrogen-bond donors (Lipinski definition) is 1. The molecule has 0 fully saturated rings. The maximum absolute atomic E-state index is 12.8. The van der Waals surface area contributed by atoms with Crippen molar-refractivity contribution in [2.75, 3.05) is 7.11 Å². The van der Waals surface area contributed by atoms with Gasteiger partial charge in [-0.25, -0.2) is 9.18 Å². The highest BCUT2D eigenvalue weighted by atomic mass is 79.9. The molecule has 2 aromatic rings. The molecule has 0 saturated heterocycles. The third-order valence-electron chi connectivity index (χ3n) is 3.43. The van der Waals surface area contributed by atoms with Crippen molar-refractivity contribution in [1.82, 2.24) is 5.32 Å². The Kier molecular flexibility index (Phi) is 6.52. The maximum Gasteiger partial charge on any atom is 0.340 e. The highest BCUT2D eigenvalue weighted by Crippen LogP contribution is 2.23. The Morgan fingerprint density at radius 2 is 1.88 bits per heavy atom. The fourth-order valence-electron chi connectivity index (χ4n) is 2.00. The summed E-state index contributed by atoms with van der Waals surface area (Å²) in [6.45, 7) is 1.69. The minimum Gasteiger partial charge on any atom is -0.497 e. The van der Waals surface area contributed by atoms with E-state index in [4.69, 9.17) is 9.47 Å². The molecule has 1 amide bonds. The van der Waals surface area contributed by atoms with Crippen LogP contribution in [0.25, 0.3) is 0 Å². The van der Waals surface area contributed by atoms with Crippen molar-refractivity contribution in [2.24, 2.45) is 0 Å². The van der Waals surface area contributed by atoms with Crippen molar-refractivity contribution < 1.29 is 23.5 Å². The number of esters is 1. The van der Waals surface area contributed by atoms with Crippen molar-refractivity contribution in [3.63, 3.8) is 0 Å². The first kappa shape index (κ1) is 18.9. The maximum atomic E-state index is 12.8. The average Bonchev–Trinajstić information content (AvgIpc) is 2.61. The van der Waals surface area contributed by atoms with Crippen LogP contribution in [0.2, 0.25) is 0 Å². The molecule has 0 radical (unpaired) electrons. The Hall–Kier alpha value is -2.41. The quantitative estimate of drug-likeness (QED) is 0.741. The standard InChI is InChI=1S/C18H17BrFNO4/c1-11(17(22)21-10-12-3-5-13(20)6-4-12)25-18(23)15-9-14(24-2)7-8-16(15)19/h3-9,11H,10H2,1-2H3,(H,21,22). The van der Waals surface area contributed by atoms with Crippen molar-refractivity contribution in [3.8, 4) is 5.75 Å². The van der Waals surface area contributed by atoms with E-state index in [-0.39, 0.29) is 17.9 Å². The molecule has 1 unspecified atom stereocenters. The number of nitrogens with one attached hydrogen (secondary N) is 1. The van der Waals surface area contributed by atoms with Crippen LogP contribution in [0.1, 0.15) is 22.8 Å². The molecule has 2 rings (SSSR count). The highest BCUT2D eigenvalue weighted by Gasteiger charge is 2.20. The van der Waals surface area contributed by atoms with E-state index in [9.17, 15) is 14.0 Å². The molecule has 1 N–H and O–H groups in total. The van der Waals surface area contributed by atoms with Gasteiger partial charge in [-0.15, -0.1) is 0 Å². The van der Waals surface area contributed by atoms with Crippen molar-refractivity contribution in [3.05, 3.63) is 63.9 Å². The second kappa shape index (κ2) is 8.62. The number of carbonyl (C=O) groups is 2. The summed E-state index contributed by atoms with van der Waals surface area (Å²) in [5, 5.41) is 2.64. The summed E-state index contributed by atoms with van der Waals surface area (Å²) >= 11 is 3.27. The lowest BCUT2D eigenvalue weighted by Gasteiger charge is -2.14. The first-order chi connectivity index (χ1) is 11.9. The number of carbonyl (C=O) groups excluding carboxylic acids is 2. The number of methoxy groups -OCH3 is 1. The van der Waals surface area contributed by atoms with Gasteiger partial charge in [-0.2, -0.15) is 0 Å². The molecule has 7 heteroatoms. The largest absolute Gasteiger partial charge is 0.497 e. The lowest BCUT2D eigenvalue weighted by molar-refractivity contribution is -0.129. The molecule has 1 atom stereocenters. The molecule has 0 aliphatic carbocycles. The molecule has 0 bridgehead atoms. The molecule has 0 aliphatic heterocycles. The fraction of sp³-hybridized carbons (Fsp3) is 0.222. The summed E-state index contributed by atoms with van der Waals surface area (Å²) in [4.78, 5) is 24.3. The summed E-state index contributed by atoms with van der Waals surface area (Å²) < 4.78 is 23.6. The molecule has 132 valence electrons. The van der Waals surface area contributed by atoms with Crippen LogP contribution in [0.15, 0.2) is 46.9 Å². The van der Waals surface area contributed by atoms with E-state index in [1.54, 1.807) is 24.3 Å². The van der Waals surface area contributed by atoms with E-state index in [0.29, 0.717) is 10.2 Å². The Balaban J connectivity index is 1.94. The Morgan fingerprint density at radius 1 is 1.20 bits per heavy atom. The SMILES string of the molecule is COc1ccc(Br)c(C(=O)OC(C)C(=O)NCc2ccc(F)cc2)c1. The van der Waals surface area contributed by atoms with Crippen LogP contribution < -0.4 is 10.1 Å². The number of rotatable bonds is 6. The lowest BCUT2D eigenvalue weighted by Crippen LogP contribution is -2.35. The zero-order valence-corrected chi connectivity index (χ0v) is 15.3. The number of amides is 1. The van der Waals surface area contributed by atoms with Crippen LogP contribution in [-0.4, -0.2) is 25.1 Å². The fourth-order valence-corrected chi connectivity index (χ4v) is 2.41. The minimum absolute atomic E-state index is 0.212. The van der Waals surface area contributed by atoms with E-state index in [2.05, 4.69) is 21.2 Å². The van der Waals surface area contributed by atoms with E-state index >= 15 is 0 Å². The van der Waals surface area contributed by atoms with Crippen LogP contribution in [0.3, 0.4) is 0 Å². The van der Waals surface area contributed by atoms with Gasteiger partial charge in [-0.1, -0.05) is 12.1 Å². The number of halogens is 2. The van der Waals surface area contributed by atoms with E-state index < -0.39 is 18.0 Å². The third-order valence-corrected chi connectivity index (χ3v) is 4.12. The normalized spacial score (nSPS) is 11.5. The average molecular weight is 410 g/mol. The zero-order chi connectivity index (χ0) is 18.4. The molecular weight excluding hydrogens is 393 g/mol. The number of hydrogen-bond acceptors (Lipinski definition) is 4. The van der Waals surface area contributed by atoms with E-state index in [1.807, 2.05) is 0 Å². The number of benzene rings is 2. The van der Waals surface area contributed by atoms with E-state index in [0.717, 1.165) is 5.56 Å². The monoisotopic (exact) mass is 409 g/mol. The van der Waals surface area contributed by atoms with Gasteiger partial charge in [0.2, 0.25) is 0 Å². The second-order valence-corrected chi connectivity index (χ2v) is 6.09. The van der Waals surface area contributed by atoms with Gasteiger partial charge in [0.15, 0.2) is 6.10 Å². The molecule has 25 heavy (non-hydrogen) atoms. The zero-order valence-electron chi connectivity index (χ0n) is 13.7. The minimum atomic E-state index is -0.981. The molecule has 0 spiro atoms.